The molecule has 1 unspecified atom stereocenters. The van der Waals surface area contributed by atoms with Gasteiger partial charge in [0.15, 0.2) is 0 Å². The molecule has 0 heterocycles. The van der Waals surface area contributed by atoms with Crippen LogP contribution in [0.15, 0.2) is 0 Å². The zero-order chi connectivity index (χ0) is 13.5. The minimum absolute atomic E-state index is 0.183. The highest BCUT2D eigenvalue weighted by Gasteiger charge is 2.31. The van der Waals surface area contributed by atoms with E-state index in [-0.39, 0.29) is 18.6 Å². The lowest BCUT2D eigenvalue weighted by Crippen LogP contribution is -2.41. The van der Waals surface area contributed by atoms with Crippen molar-refractivity contribution < 1.29 is 13.2 Å². The number of hydrogen-bond donors (Lipinski definition) is 1. The highest BCUT2D eigenvalue weighted by atomic mass is 19.4. The van der Waals surface area contributed by atoms with Crippen LogP contribution in [0, 0.1) is 11.3 Å². The molecule has 0 aromatic heterocycles. The lowest BCUT2D eigenvalue weighted by molar-refractivity contribution is -0.149. The van der Waals surface area contributed by atoms with Crippen molar-refractivity contribution in [2.45, 2.75) is 45.5 Å². The van der Waals surface area contributed by atoms with Crippen LogP contribution in [-0.2, 0) is 0 Å². The number of rotatable bonds is 7. The van der Waals surface area contributed by atoms with Crippen molar-refractivity contribution in [3.63, 3.8) is 0 Å². The summed E-state index contributed by atoms with van der Waals surface area (Å²) < 4.78 is 36.9. The SMILES string of the molecule is CCNC(C#N)CCN(CC(F)(F)F)C(C)C. The molecule has 17 heavy (non-hydrogen) atoms. The molecule has 6 heteroatoms. The van der Waals surface area contributed by atoms with Gasteiger partial charge in [-0.1, -0.05) is 6.92 Å². The Labute approximate surface area is 101 Å². The maximum absolute atomic E-state index is 12.3. The fourth-order valence-corrected chi connectivity index (χ4v) is 1.50. The fourth-order valence-electron chi connectivity index (χ4n) is 1.50. The summed E-state index contributed by atoms with van der Waals surface area (Å²) in [4.78, 5) is 1.34. The van der Waals surface area contributed by atoms with Gasteiger partial charge in [-0.2, -0.15) is 18.4 Å². The summed E-state index contributed by atoms with van der Waals surface area (Å²) in [5.74, 6) is 0. The van der Waals surface area contributed by atoms with E-state index in [0.29, 0.717) is 13.0 Å². The van der Waals surface area contributed by atoms with Crippen molar-refractivity contribution in [1.29, 1.82) is 5.26 Å². The van der Waals surface area contributed by atoms with Crippen molar-refractivity contribution in [2.75, 3.05) is 19.6 Å². The summed E-state index contributed by atoms with van der Waals surface area (Å²) in [5.41, 5.74) is 0. The Morgan fingerprint density at radius 2 is 1.94 bits per heavy atom. The zero-order valence-corrected chi connectivity index (χ0v) is 10.5. The zero-order valence-electron chi connectivity index (χ0n) is 10.5. The molecule has 0 aromatic rings. The van der Waals surface area contributed by atoms with Crippen LogP contribution in [0.4, 0.5) is 13.2 Å². The maximum atomic E-state index is 12.3. The Balaban J connectivity index is 4.23. The predicted octanol–water partition coefficient (Wildman–Crippen LogP) is 2.15. The third-order valence-corrected chi connectivity index (χ3v) is 2.42. The third kappa shape index (κ3) is 8.00. The van der Waals surface area contributed by atoms with Crippen LogP contribution in [0.2, 0.25) is 0 Å². The molecule has 0 saturated heterocycles. The van der Waals surface area contributed by atoms with E-state index in [4.69, 9.17) is 5.26 Å². The molecule has 0 aliphatic carbocycles. The molecule has 0 saturated carbocycles. The minimum Gasteiger partial charge on any atom is -0.302 e. The Kier molecular flexibility index (Phi) is 7.16. The van der Waals surface area contributed by atoms with E-state index in [1.165, 1.54) is 4.90 Å². The normalized spacial score (nSPS) is 14.1. The smallest absolute Gasteiger partial charge is 0.302 e. The monoisotopic (exact) mass is 251 g/mol. The van der Waals surface area contributed by atoms with Crippen molar-refractivity contribution in [3.8, 4) is 6.07 Å². The molecule has 0 aliphatic heterocycles. The number of halogens is 3. The standard InChI is InChI=1S/C11H20F3N3/c1-4-16-10(7-15)5-6-17(9(2)3)8-11(12,13)14/h9-10,16H,4-6,8H2,1-3H3. The van der Waals surface area contributed by atoms with Gasteiger partial charge in [-0.3, -0.25) is 4.90 Å². The number of nitrogens with one attached hydrogen (secondary N) is 1. The number of hydrogen-bond acceptors (Lipinski definition) is 3. The molecule has 1 N–H and O–H groups in total. The highest BCUT2D eigenvalue weighted by molar-refractivity contribution is 4.90. The Morgan fingerprint density at radius 3 is 2.29 bits per heavy atom. The average molecular weight is 251 g/mol. The highest BCUT2D eigenvalue weighted by Crippen LogP contribution is 2.18. The van der Waals surface area contributed by atoms with Crippen LogP contribution in [0.5, 0.6) is 0 Å². The molecule has 1 atom stereocenters. The van der Waals surface area contributed by atoms with E-state index in [2.05, 4.69) is 5.32 Å². The summed E-state index contributed by atoms with van der Waals surface area (Å²) in [5, 5.41) is 11.7. The Hall–Kier alpha value is -0.800. The summed E-state index contributed by atoms with van der Waals surface area (Å²) in [6.07, 6.45) is -3.79. The van der Waals surface area contributed by atoms with Crippen molar-refractivity contribution in [1.82, 2.24) is 10.2 Å². The Bertz CT molecular complexity index is 245. The predicted molar refractivity (Wildman–Crippen MR) is 60.5 cm³/mol. The van der Waals surface area contributed by atoms with Gasteiger partial charge >= 0.3 is 6.18 Å². The van der Waals surface area contributed by atoms with Gasteiger partial charge in [0.2, 0.25) is 0 Å². The van der Waals surface area contributed by atoms with Crippen molar-refractivity contribution in [2.24, 2.45) is 0 Å². The van der Waals surface area contributed by atoms with Crippen LogP contribution in [0.25, 0.3) is 0 Å². The van der Waals surface area contributed by atoms with Gasteiger partial charge in [-0.05, 0) is 26.8 Å². The van der Waals surface area contributed by atoms with E-state index in [1.54, 1.807) is 13.8 Å². The van der Waals surface area contributed by atoms with Crippen LogP contribution in [-0.4, -0.2) is 42.8 Å². The van der Waals surface area contributed by atoms with Gasteiger partial charge in [0, 0.05) is 12.6 Å². The van der Waals surface area contributed by atoms with Crippen molar-refractivity contribution >= 4 is 0 Å². The maximum Gasteiger partial charge on any atom is 0.401 e. The van der Waals surface area contributed by atoms with Gasteiger partial charge in [0.05, 0.1) is 18.7 Å². The second-order valence-electron chi connectivity index (χ2n) is 4.21. The second-order valence-corrected chi connectivity index (χ2v) is 4.21. The quantitative estimate of drug-likeness (QED) is 0.753. The largest absolute Gasteiger partial charge is 0.401 e. The molecule has 3 nitrogen and oxygen atoms in total. The van der Waals surface area contributed by atoms with Gasteiger partial charge < -0.3 is 5.32 Å². The molecule has 100 valence electrons. The molecular weight excluding hydrogens is 231 g/mol. The molecular formula is C11H20F3N3. The van der Waals surface area contributed by atoms with E-state index in [9.17, 15) is 13.2 Å². The topological polar surface area (TPSA) is 39.1 Å². The van der Waals surface area contributed by atoms with E-state index in [1.807, 2.05) is 13.0 Å². The lowest BCUT2D eigenvalue weighted by atomic mass is 10.2. The first-order valence-corrected chi connectivity index (χ1v) is 5.74. The van der Waals surface area contributed by atoms with E-state index in [0.717, 1.165) is 0 Å². The molecule has 0 aliphatic rings. The van der Waals surface area contributed by atoms with Crippen LogP contribution in [0.1, 0.15) is 27.2 Å². The van der Waals surface area contributed by atoms with Crippen LogP contribution in [0.3, 0.4) is 0 Å². The third-order valence-electron chi connectivity index (χ3n) is 2.42. The number of alkyl halides is 3. The lowest BCUT2D eigenvalue weighted by Gasteiger charge is -2.28. The molecule has 0 rings (SSSR count). The molecule has 0 spiro atoms. The van der Waals surface area contributed by atoms with E-state index >= 15 is 0 Å². The molecule has 0 fully saturated rings. The van der Waals surface area contributed by atoms with E-state index < -0.39 is 12.7 Å². The van der Waals surface area contributed by atoms with Gasteiger partial charge in [0.1, 0.15) is 0 Å². The second kappa shape index (κ2) is 7.51. The first-order valence-electron chi connectivity index (χ1n) is 5.74. The van der Waals surface area contributed by atoms with Crippen LogP contribution >= 0.6 is 0 Å². The molecule has 0 radical (unpaired) electrons. The minimum atomic E-state index is -4.19. The summed E-state index contributed by atoms with van der Waals surface area (Å²) in [7, 11) is 0. The Morgan fingerprint density at radius 1 is 1.35 bits per heavy atom. The molecule has 0 aromatic carbocycles. The van der Waals surface area contributed by atoms with Crippen LogP contribution < -0.4 is 5.32 Å². The van der Waals surface area contributed by atoms with Gasteiger partial charge in [-0.15, -0.1) is 0 Å². The van der Waals surface area contributed by atoms with Gasteiger partial charge in [-0.25, -0.2) is 0 Å². The first kappa shape index (κ1) is 16.2. The molecule has 0 amide bonds. The summed E-state index contributed by atoms with van der Waals surface area (Å²) in [6, 6.07) is 1.48. The fraction of sp³-hybridized carbons (Fsp3) is 0.909. The summed E-state index contributed by atoms with van der Waals surface area (Å²) >= 11 is 0. The average Bonchev–Trinajstić information content (AvgIpc) is 2.20. The number of nitriles is 1. The van der Waals surface area contributed by atoms with Gasteiger partial charge in [0.25, 0.3) is 0 Å². The van der Waals surface area contributed by atoms with Crippen molar-refractivity contribution in [3.05, 3.63) is 0 Å². The first-order chi connectivity index (χ1) is 7.80. The number of nitrogens with zero attached hydrogens (tertiary/aromatic N) is 2. The molecule has 0 bridgehead atoms. The summed E-state index contributed by atoms with van der Waals surface area (Å²) in [6.45, 7) is 5.29.